The van der Waals surface area contributed by atoms with Gasteiger partial charge in [-0.3, -0.25) is 19.2 Å². The lowest BCUT2D eigenvalue weighted by Gasteiger charge is -2.35. The molecule has 3 aliphatic rings. The van der Waals surface area contributed by atoms with Gasteiger partial charge in [0.1, 0.15) is 18.2 Å². The van der Waals surface area contributed by atoms with Crippen LogP contribution in [0.3, 0.4) is 0 Å². The zero-order chi connectivity index (χ0) is 31.9. The van der Waals surface area contributed by atoms with Crippen LogP contribution in [0.25, 0.3) is 0 Å². The van der Waals surface area contributed by atoms with E-state index in [1.165, 1.54) is 12.5 Å². The van der Waals surface area contributed by atoms with E-state index in [0.717, 1.165) is 44.9 Å². The summed E-state index contributed by atoms with van der Waals surface area (Å²) in [5.74, 6) is -1.49. The Morgan fingerprint density at radius 3 is 2.21 bits per heavy atom. The third kappa shape index (κ3) is 10.9. The molecule has 0 aromatic rings. The molecule has 3 N–H and O–H groups in total. The van der Waals surface area contributed by atoms with Crippen molar-refractivity contribution in [3.05, 3.63) is 12.7 Å². The van der Waals surface area contributed by atoms with Crippen LogP contribution in [0, 0.1) is 17.8 Å². The number of nitrogens with one attached hydrogen (secondary N) is 3. The Bertz CT molecular complexity index is 950. The highest BCUT2D eigenvalue weighted by atomic mass is 16.6. The summed E-state index contributed by atoms with van der Waals surface area (Å²) in [7, 11) is 0. The molecule has 3 fully saturated rings. The number of amides is 4. The van der Waals surface area contributed by atoms with Crippen molar-refractivity contribution in [3.8, 4) is 0 Å². The van der Waals surface area contributed by atoms with Gasteiger partial charge in [0.05, 0.1) is 6.04 Å². The Kier molecular flexibility index (Phi) is 15.8. The number of hydrogen-bond donors (Lipinski definition) is 3. The van der Waals surface area contributed by atoms with E-state index in [4.69, 9.17) is 4.74 Å². The molecule has 0 aromatic carbocycles. The minimum Gasteiger partial charge on any atom is -0.446 e. The van der Waals surface area contributed by atoms with E-state index in [0.29, 0.717) is 38.1 Å². The molecule has 2 saturated carbocycles. The summed E-state index contributed by atoms with van der Waals surface area (Å²) in [6.07, 6.45) is 10.5. The lowest BCUT2D eigenvalue weighted by Crippen LogP contribution is -2.58. The van der Waals surface area contributed by atoms with Crippen LogP contribution in [-0.2, 0) is 23.9 Å². The molecule has 43 heavy (non-hydrogen) atoms. The third-order valence-corrected chi connectivity index (χ3v) is 8.64. The second-order valence-electron chi connectivity index (χ2n) is 12.6. The van der Waals surface area contributed by atoms with Crippen molar-refractivity contribution in [2.75, 3.05) is 13.1 Å². The van der Waals surface area contributed by atoms with Gasteiger partial charge in [-0.25, -0.2) is 4.79 Å². The van der Waals surface area contributed by atoms with Crippen LogP contribution in [0.5, 0.6) is 0 Å². The Morgan fingerprint density at radius 1 is 0.953 bits per heavy atom. The van der Waals surface area contributed by atoms with Gasteiger partial charge in [-0.05, 0) is 62.7 Å². The highest BCUT2D eigenvalue weighted by Gasteiger charge is 2.42. The molecule has 0 radical (unpaired) electrons. The highest BCUT2D eigenvalue weighted by Crippen LogP contribution is 2.33. The van der Waals surface area contributed by atoms with Crippen molar-refractivity contribution < 1.29 is 28.7 Å². The molecule has 3 rings (SSSR count). The van der Waals surface area contributed by atoms with Gasteiger partial charge in [0, 0.05) is 13.1 Å². The number of likely N-dealkylation sites (tertiary alicyclic amines) is 1. The van der Waals surface area contributed by atoms with E-state index < -0.39 is 41.8 Å². The summed E-state index contributed by atoms with van der Waals surface area (Å²) in [5, 5.41) is 8.10. The Hall–Kier alpha value is -2.91. The molecule has 1 heterocycles. The molecule has 5 unspecified atom stereocenters. The van der Waals surface area contributed by atoms with E-state index in [-0.39, 0.29) is 30.4 Å². The van der Waals surface area contributed by atoms with Crippen molar-refractivity contribution in [1.29, 1.82) is 0 Å². The number of carbonyl (C=O) groups excluding carboxylic acids is 5. The third-order valence-electron chi connectivity index (χ3n) is 8.64. The first kappa shape index (κ1) is 36.3. The van der Waals surface area contributed by atoms with Crippen molar-refractivity contribution in [2.45, 2.75) is 136 Å². The summed E-state index contributed by atoms with van der Waals surface area (Å²) in [6, 6.07) is -2.51. The van der Waals surface area contributed by atoms with Crippen LogP contribution in [-0.4, -0.2) is 71.8 Å². The number of ether oxygens (including phenoxy) is 1. The number of nitrogens with zero attached hydrogens (tertiary/aromatic N) is 1. The first-order chi connectivity index (χ1) is 20.6. The molecule has 10 nitrogen and oxygen atoms in total. The van der Waals surface area contributed by atoms with E-state index in [1.54, 1.807) is 4.90 Å². The maximum atomic E-state index is 14.0. The first-order valence-electron chi connectivity index (χ1n) is 16.6. The van der Waals surface area contributed by atoms with Crippen molar-refractivity contribution in [2.24, 2.45) is 17.8 Å². The molecule has 1 aliphatic heterocycles. The van der Waals surface area contributed by atoms with Crippen molar-refractivity contribution in [1.82, 2.24) is 20.9 Å². The summed E-state index contributed by atoms with van der Waals surface area (Å²) in [6.45, 7) is 14.4. The molecule has 2 aliphatic carbocycles. The zero-order valence-corrected chi connectivity index (χ0v) is 27.1. The van der Waals surface area contributed by atoms with Crippen LogP contribution < -0.4 is 16.0 Å². The normalized spacial score (nSPS) is 25.0. The number of rotatable bonds is 12. The standard InChI is InChI=1S/C30H48N4O6.C3H8/c1-5-11-22(26(35)28(37)31-15-6-2)32-27(36)23-14-10-16-34(23)29(38)25(21-12-8-7-9-13-21)33-30(39)40-24-18-19(3)17-20(24)4;1-3-2/h6,19-25H,2,5,7-18H2,1,3-4H3,(H,31,37)(H,32,36)(H,33,39);3H2,1-2H3/t19?,20?,22?,23-,24?,25?;/m0./s1. The van der Waals surface area contributed by atoms with Gasteiger partial charge < -0.3 is 25.6 Å². The Labute approximate surface area is 258 Å². The van der Waals surface area contributed by atoms with Crippen LogP contribution >= 0.6 is 0 Å². The summed E-state index contributed by atoms with van der Waals surface area (Å²) >= 11 is 0. The van der Waals surface area contributed by atoms with Crippen molar-refractivity contribution in [3.63, 3.8) is 0 Å². The van der Waals surface area contributed by atoms with Gasteiger partial charge in [0.2, 0.25) is 17.6 Å². The smallest absolute Gasteiger partial charge is 0.408 e. The van der Waals surface area contributed by atoms with E-state index in [2.05, 4.69) is 50.2 Å². The minimum absolute atomic E-state index is 0.0268. The fourth-order valence-corrected chi connectivity index (χ4v) is 6.54. The average molecular weight is 605 g/mol. The summed E-state index contributed by atoms with van der Waals surface area (Å²) in [4.78, 5) is 66.9. The van der Waals surface area contributed by atoms with Crippen LogP contribution in [0.4, 0.5) is 4.79 Å². The number of carbonyl (C=O) groups is 5. The lowest BCUT2D eigenvalue weighted by molar-refractivity contribution is -0.143. The minimum atomic E-state index is -0.974. The predicted molar refractivity (Wildman–Crippen MR) is 167 cm³/mol. The van der Waals surface area contributed by atoms with E-state index in [9.17, 15) is 24.0 Å². The SMILES string of the molecule is C=CCNC(=O)C(=O)C(CCC)NC(=O)[C@@H]1CCCN1C(=O)C(NC(=O)OC1CC(C)CC1C)C1CCCCC1.CCC. The monoisotopic (exact) mass is 604 g/mol. The van der Waals surface area contributed by atoms with Crippen molar-refractivity contribution >= 4 is 29.6 Å². The molecule has 0 spiro atoms. The predicted octanol–water partition coefficient (Wildman–Crippen LogP) is 4.66. The molecular formula is C33H56N4O6. The largest absolute Gasteiger partial charge is 0.446 e. The second kappa shape index (κ2) is 18.7. The van der Waals surface area contributed by atoms with Gasteiger partial charge in [-0.1, -0.05) is 72.8 Å². The molecule has 1 saturated heterocycles. The molecule has 0 bridgehead atoms. The molecule has 244 valence electrons. The Balaban J connectivity index is 0.00000206. The zero-order valence-electron chi connectivity index (χ0n) is 27.1. The summed E-state index contributed by atoms with van der Waals surface area (Å²) in [5.41, 5.74) is 0. The van der Waals surface area contributed by atoms with Gasteiger partial charge in [-0.2, -0.15) is 0 Å². The average Bonchev–Trinajstić information content (AvgIpc) is 3.60. The molecule has 6 atom stereocenters. The van der Waals surface area contributed by atoms with Gasteiger partial charge in [-0.15, -0.1) is 6.58 Å². The number of Topliss-reactive ketones (excluding diaryl/α,β-unsaturated/α-hetero) is 1. The maximum absolute atomic E-state index is 14.0. The number of alkyl carbamates (subject to hydrolysis) is 1. The van der Waals surface area contributed by atoms with Gasteiger partial charge >= 0.3 is 6.09 Å². The molecule has 4 amide bonds. The van der Waals surface area contributed by atoms with E-state index >= 15 is 0 Å². The van der Waals surface area contributed by atoms with Gasteiger partial charge in [0.25, 0.3) is 5.91 Å². The maximum Gasteiger partial charge on any atom is 0.408 e. The quantitative estimate of drug-likeness (QED) is 0.219. The number of hydrogen-bond acceptors (Lipinski definition) is 6. The molecule has 10 heteroatoms. The summed E-state index contributed by atoms with van der Waals surface area (Å²) < 4.78 is 5.78. The van der Waals surface area contributed by atoms with Crippen LogP contribution in [0.15, 0.2) is 12.7 Å². The van der Waals surface area contributed by atoms with Gasteiger partial charge in [0.15, 0.2) is 0 Å². The highest BCUT2D eigenvalue weighted by molar-refractivity contribution is 6.38. The van der Waals surface area contributed by atoms with E-state index in [1.807, 2.05) is 6.92 Å². The second-order valence-corrected chi connectivity index (χ2v) is 12.6. The first-order valence-corrected chi connectivity index (χ1v) is 16.6. The fourth-order valence-electron chi connectivity index (χ4n) is 6.54. The Morgan fingerprint density at radius 2 is 1.63 bits per heavy atom. The lowest BCUT2D eigenvalue weighted by atomic mass is 9.83. The van der Waals surface area contributed by atoms with Crippen LogP contribution in [0.1, 0.15) is 112 Å². The topological polar surface area (TPSA) is 134 Å². The number of ketones is 1. The van der Waals surface area contributed by atoms with Crippen LogP contribution in [0.2, 0.25) is 0 Å². The molecular weight excluding hydrogens is 548 g/mol. The molecule has 0 aromatic heterocycles. The fraction of sp³-hybridized carbons (Fsp3) is 0.788.